The zero-order valence-corrected chi connectivity index (χ0v) is 14.7. The number of hydrogen-bond acceptors (Lipinski definition) is 7. The molecule has 0 aliphatic carbocycles. The van der Waals surface area contributed by atoms with E-state index in [1.165, 1.54) is 19.5 Å². The first kappa shape index (κ1) is 18.8. The lowest BCUT2D eigenvalue weighted by Gasteiger charge is -2.14. The molecule has 5 N–H and O–H groups in total. The minimum absolute atomic E-state index is 0.0626. The number of ether oxygens (including phenoxy) is 1. The molecule has 10 heteroatoms. The first-order valence-corrected chi connectivity index (χ1v) is 8.01. The molecule has 0 aliphatic rings. The summed E-state index contributed by atoms with van der Waals surface area (Å²) in [5.41, 5.74) is 11.7. The van der Waals surface area contributed by atoms with Crippen LogP contribution in [0.5, 0.6) is 5.75 Å². The number of nitrogens with one attached hydrogen (secondary N) is 3. The van der Waals surface area contributed by atoms with E-state index >= 15 is 0 Å². The van der Waals surface area contributed by atoms with Crippen LogP contribution in [0.3, 0.4) is 0 Å². The second kappa shape index (κ2) is 8.16. The summed E-state index contributed by atoms with van der Waals surface area (Å²) in [7, 11) is 1.46. The fraction of sp³-hybridized carbons (Fsp3) is 0.0556. The summed E-state index contributed by atoms with van der Waals surface area (Å²) in [6, 6.07) is 9.95. The molecule has 1 aromatic heterocycles. The van der Waals surface area contributed by atoms with Crippen LogP contribution in [-0.2, 0) is 0 Å². The Kier molecular flexibility index (Phi) is 5.49. The number of nitrogen functional groups attached to an aromatic ring is 1. The number of rotatable bonds is 6. The van der Waals surface area contributed by atoms with Gasteiger partial charge in [0.25, 0.3) is 5.91 Å². The van der Waals surface area contributed by atoms with Gasteiger partial charge in [-0.15, -0.1) is 0 Å². The van der Waals surface area contributed by atoms with E-state index < -0.39 is 17.5 Å². The number of benzene rings is 2. The molecule has 0 spiro atoms. The van der Waals surface area contributed by atoms with Crippen LogP contribution in [0.15, 0.2) is 48.8 Å². The van der Waals surface area contributed by atoms with Crippen LogP contribution in [0.1, 0.15) is 10.4 Å². The summed E-state index contributed by atoms with van der Waals surface area (Å²) in [5, 5.41) is 2.76. The Balaban J connectivity index is 1.74. The fourth-order valence-corrected chi connectivity index (χ4v) is 2.32. The number of methoxy groups -OCH3 is 1. The number of aromatic nitrogens is 2. The van der Waals surface area contributed by atoms with Gasteiger partial charge in [-0.1, -0.05) is 12.1 Å². The zero-order chi connectivity index (χ0) is 20.1. The Labute approximate surface area is 158 Å². The molecular weight excluding hydrogens is 370 g/mol. The normalized spacial score (nSPS) is 10.2. The van der Waals surface area contributed by atoms with Gasteiger partial charge >= 0.3 is 0 Å². The van der Waals surface area contributed by atoms with Crippen molar-refractivity contribution in [1.29, 1.82) is 0 Å². The van der Waals surface area contributed by atoms with Crippen LogP contribution < -0.4 is 26.6 Å². The molecule has 0 aliphatic heterocycles. The largest absolute Gasteiger partial charge is 0.496 e. The molecule has 3 aromatic rings. The second-order valence-electron chi connectivity index (χ2n) is 5.52. The molecular formula is C18H16F2N6O2. The first-order valence-electron chi connectivity index (χ1n) is 8.01. The number of carbonyl (C=O) groups excluding carboxylic acids is 1. The van der Waals surface area contributed by atoms with Crippen LogP contribution in [0.25, 0.3) is 0 Å². The van der Waals surface area contributed by atoms with E-state index in [0.717, 1.165) is 12.1 Å². The van der Waals surface area contributed by atoms with Crippen molar-refractivity contribution in [3.05, 3.63) is 66.0 Å². The molecule has 0 radical (unpaired) electrons. The van der Waals surface area contributed by atoms with E-state index in [1.54, 1.807) is 24.3 Å². The Morgan fingerprint density at radius 2 is 1.82 bits per heavy atom. The Morgan fingerprint density at radius 1 is 1.07 bits per heavy atom. The van der Waals surface area contributed by atoms with E-state index in [-0.39, 0.29) is 23.0 Å². The number of nitrogens with zero attached hydrogens (tertiary/aromatic N) is 2. The van der Waals surface area contributed by atoms with Crippen molar-refractivity contribution in [3.63, 3.8) is 0 Å². The van der Waals surface area contributed by atoms with E-state index in [0.29, 0.717) is 11.3 Å². The molecule has 0 saturated carbocycles. The second-order valence-corrected chi connectivity index (χ2v) is 5.52. The summed E-state index contributed by atoms with van der Waals surface area (Å²) >= 11 is 0. The highest BCUT2D eigenvalue weighted by Gasteiger charge is 2.14. The average Bonchev–Trinajstić information content (AvgIpc) is 2.71. The van der Waals surface area contributed by atoms with Gasteiger partial charge in [0.05, 0.1) is 12.7 Å². The Morgan fingerprint density at radius 3 is 2.57 bits per heavy atom. The predicted octanol–water partition coefficient (Wildman–Crippen LogP) is 2.85. The van der Waals surface area contributed by atoms with Crippen molar-refractivity contribution in [3.8, 4) is 5.75 Å². The molecule has 28 heavy (non-hydrogen) atoms. The van der Waals surface area contributed by atoms with E-state index in [9.17, 15) is 13.6 Å². The van der Waals surface area contributed by atoms with Crippen molar-refractivity contribution < 1.29 is 18.3 Å². The highest BCUT2D eigenvalue weighted by atomic mass is 19.2. The van der Waals surface area contributed by atoms with Crippen LogP contribution in [-0.4, -0.2) is 23.0 Å². The number of halogens is 2. The molecule has 0 bridgehead atoms. The molecule has 144 valence electrons. The molecule has 1 amide bonds. The van der Waals surface area contributed by atoms with Gasteiger partial charge in [-0.2, -0.15) is 0 Å². The van der Waals surface area contributed by atoms with Gasteiger partial charge in [0.2, 0.25) is 0 Å². The SMILES string of the molecule is COc1ccccc1C(=O)NNc1ncnc(Nc2ccc(F)c(F)c2)c1N. The van der Waals surface area contributed by atoms with Crippen molar-refractivity contribution in [2.45, 2.75) is 0 Å². The third kappa shape index (κ3) is 4.06. The number of anilines is 4. The lowest BCUT2D eigenvalue weighted by atomic mass is 10.2. The van der Waals surface area contributed by atoms with Crippen LogP contribution >= 0.6 is 0 Å². The summed E-state index contributed by atoms with van der Waals surface area (Å²) in [4.78, 5) is 20.2. The van der Waals surface area contributed by atoms with Crippen LogP contribution in [0.2, 0.25) is 0 Å². The monoisotopic (exact) mass is 386 g/mol. The van der Waals surface area contributed by atoms with Crippen LogP contribution in [0, 0.1) is 11.6 Å². The summed E-state index contributed by atoms with van der Waals surface area (Å²) < 4.78 is 31.5. The van der Waals surface area contributed by atoms with Crippen molar-refractivity contribution >= 4 is 28.9 Å². The van der Waals surface area contributed by atoms with Crippen molar-refractivity contribution in [2.24, 2.45) is 0 Å². The number of nitrogens with two attached hydrogens (primary N) is 1. The summed E-state index contributed by atoms with van der Waals surface area (Å²) in [6.45, 7) is 0. The van der Waals surface area contributed by atoms with Gasteiger partial charge in [-0.3, -0.25) is 15.6 Å². The van der Waals surface area contributed by atoms with Gasteiger partial charge in [0.15, 0.2) is 23.3 Å². The number of amides is 1. The average molecular weight is 386 g/mol. The first-order chi connectivity index (χ1) is 13.5. The predicted molar refractivity (Wildman–Crippen MR) is 100 cm³/mol. The molecule has 0 atom stereocenters. The zero-order valence-electron chi connectivity index (χ0n) is 14.7. The van der Waals surface area contributed by atoms with E-state index in [4.69, 9.17) is 10.5 Å². The molecule has 8 nitrogen and oxygen atoms in total. The maximum atomic E-state index is 13.3. The van der Waals surface area contributed by atoms with Crippen LogP contribution in [0.4, 0.5) is 31.8 Å². The van der Waals surface area contributed by atoms with Gasteiger partial charge in [0.1, 0.15) is 17.8 Å². The Hall–Kier alpha value is -3.95. The summed E-state index contributed by atoms with van der Waals surface area (Å²) in [6.07, 6.45) is 1.19. The lowest BCUT2D eigenvalue weighted by Crippen LogP contribution is -2.30. The third-order valence-corrected chi connectivity index (χ3v) is 3.71. The standard InChI is InChI=1S/C18H16F2N6O2/c1-28-14-5-3-2-4-11(14)18(27)26-25-17-15(21)16(22-9-23-17)24-10-6-7-12(19)13(20)8-10/h2-9H,21H2,1H3,(H,26,27)(H2,22,23,24,25). The topological polar surface area (TPSA) is 114 Å². The molecule has 2 aromatic carbocycles. The molecule has 3 rings (SSSR count). The van der Waals surface area contributed by atoms with Gasteiger partial charge in [0, 0.05) is 11.8 Å². The number of carbonyl (C=O) groups is 1. The molecule has 0 saturated heterocycles. The fourth-order valence-electron chi connectivity index (χ4n) is 2.32. The summed E-state index contributed by atoms with van der Waals surface area (Å²) in [5.74, 6) is -1.79. The highest BCUT2D eigenvalue weighted by molar-refractivity contribution is 5.97. The lowest BCUT2D eigenvalue weighted by molar-refractivity contribution is 0.0959. The number of para-hydroxylation sites is 1. The third-order valence-electron chi connectivity index (χ3n) is 3.71. The maximum absolute atomic E-state index is 13.3. The molecule has 0 fully saturated rings. The van der Waals surface area contributed by atoms with Gasteiger partial charge in [-0.25, -0.2) is 18.7 Å². The number of hydrazine groups is 1. The molecule has 0 unspecified atom stereocenters. The smallest absolute Gasteiger partial charge is 0.273 e. The van der Waals surface area contributed by atoms with Crippen molar-refractivity contribution in [1.82, 2.24) is 15.4 Å². The highest BCUT2D eigenvalue weighted by Crippen LogP contribution is 2.26. The maximum Gasteiger partial charge on any atom is 0.273 e. The quantitative estimate of drug-likeness (QED) is 0.482. The molecule has 1 heterocycles. The minimum Gasteiger partial charge on any atom is -0.496 e. The van der Waals surface area contributed by atoms with Gasteiger partial charge < -0.3 is 15.8 Å². The Bertz CT molecular complexity index is 1020. The van der Waals surface area contributed by atoms with Gasteiger partial charge in [-0.05, 0) is 24.3 Å². The van der Waals surface area contributed by atoms with E-state index in [2.05, 4.69) is 26.1 Å². The number of hydrogen-bond donors (Lipinski definition) is 4. The van der Waals surface area contributed by atoms with Crippen molar-refractivity contribution in [2.75, 3.05) is 23.6 Å². The minimum atomic E-state index is -1.01. The van der Waals surface area contributed by atoms with E-state index in [1.807, 2.05) is 0 Å².